The molecular weight excluding hydrogens is 426 g/mol. The molecule has 0 aliphatic rings. The number of carboxylic acids is 1. The zero-order chi connectivity index (χ0) is 22.8. The van der Waals surface area contributed by atoms with Gasteiger partial charge in [-0.3, -0.25) is 4.79 Å². The third-order valence-corrected chi connectivity index (χ3v) is 5.33. The van der Waals surface area contributed by atoms with E-state index >= 15 is 0 Å². The molecule has 162 valence electrons. The zero-order valence-corrected chi connectivity index (χ0v) is 18.4. The number of halogens is 1. The lowest BCUT2D eigenvalue weighted by molar-refractivity contribution is -0.136. The van der Waals surface area contributed by atoms with Crippen LogP contribution in [0.2, 0.25) is 5.02 Å². The molecule has 1 aromatic heterocycles. The number of nitrogens with zero attached hydrogens (tertiary/aromatic N) is 2. The summed E-state index contributed by atoms with van der Waals surface area (Å²) >= 11 is 6.43. The molecule has 0 atom stereocenters. The standard InChI is InChI=1S/C25H22ClN3O3/c1-14(2)28-25-27-13-17-12-19(18-8-3-4-9-20(18)26)24(32)22(23(17)29-25)16-7-5-6-15(10-16)11-21(30)31/h3-10,12-14,32H,11H2,1-2H3,(H,30,31)(H,27,28,29). The zero-order valence-electron chi connectivity index (χ0n) is 17.6. The lowest BCUT2D eigenvalue weighted by Crippen LogP contribution is -2.12. The summed E-state index contributed by atoms with van der Waals surface area (Å²) in [5, 5.41) is 25.0. The molecule has 0 aliphatic carbocycles. The molecule has 0 amide bonds. The average molecular weight is 448 g/mol. The number of hydrogen-bond donors (Lipinski definition) is 3. The lowest BCUT2D eigenvalue weighted by Gasteiger charge is -2.16. The fraction of sp³-hybridized carbons (Fsp3) is 0.160. The first kappa shape index (κ1) is 21.6. The second-order valence-electron chi connectivity index (χ2n) is 7.83. The molecule has 6 nitrogen and oxygen atoms in total. The van der Waals surface area contributed by atoms with E-state index in [2.05, 4.69) is 15.3 Å². The van der Waals surface area contributed by atoms with Gasteiger partial charge in [0.1, 0.15) is 5.75 Å². The van der Waals surface area contributed by atoms with Gasteiger partial charge >= 0.3 is 5.97 Å². The van der Waals surface area contributed by atoms with E-state index in [0.29, 0.717) is 44.3 Å². The van der Waals surface area contributed by atoms with Crippen molar-refractivity contribution in [3.63, 3.8) is 0 Å². The van der Waals surface area contributed by atoms with E-state index < -0.39 is 5.97 Å². The summed E-state index contributed by atoms with van der Waals surface area (Å²) in [6, 6.07) is 16.3. The molecular formula is C25H22ClN3O3. The van der Waals surface area contributed by atoms with Crippen molar-refractivity contribution < 1.29 is 15.0 Å². The number of aliphatic carboxylic acids is 1. The summed E-state index contributed by atoms with van der Waals surface area (Å²) in [5.74, 6) is -0.459. The molecule has 4 rings (SSSR count). The quantitative estimate of drug-likeness (QED) is 0.347. The Morgan fingerprint density at radius 2 is 1.88 bits per heavy atom. The highest BCUT2D eigenvalue weighted by Crippen LogP contribution is 2.44. The summed E-state index contributed by atoms with van der Waals surface area (Å²) in [6.07, 6.45) is 1.59. The van der Waals surface area contributed by atoms with E-state index in [0.717, 1.165) is 5.39 Å². The minimum absolute atomic E-state index is 0.0206. The van der Waals surface area contributed by atoms with Gasteiger partial charge in [0.05, 0.1) is 17.5 Å². The highest BCUT2D eigenvalue weighted by Gasteiger charge is 2.20. The maximum Gasteiger partial charge on any atom is 0.307 e. The predicted octanol–water partition coefficient (Wildman–Crippen LogP) is 5.77. The van der Waals surface area contributed by atoms with Crippen LogP contribution in [0, 0.1) is 0 Å². The van der Waals surface area contributed by atoms with Gasteiger partial charge in [-0.2, -0.15) is 0 Å². The topological polar surface area (TPSA) is 95.3 Å². The van der Waals surface area contributed by atoms with Crippen molar-refractivity contribution in [2.45, 2.75) is 26.3 Å². The van der Waals surface area contributed by atoms with Gasteiger partial charge in [-0.15, -0.1) is 0 Å². The van der Waals surface area contributed by atoms with Gasteiger partial charge < -0.3 is 15.5 Å². The van der Waals surface area contributed by atoms with E-state index in [1.165, 1.54) is 0 Å². The monoisotopic (exact) mass is 447 g/mol. The largest absolute Gasteiger partial charge is 0.507 e. The molecule has 0 unspecified atom stereocenters. The average Bonchev–Trinajstić information content (AvgIpc) is 2.73. The summed E-state index contributed by atoms with van der Waals surface area (Å²) < 4.78 is 0. The van der Waals surface area contributed by atoms with Crippen LogP contribution in [0.1, 0.15) is 19.4 Å². The minimum Gasteiger partial charge on any atom is -0.507 e. The van der Waals surface area contributed by atoms with Crippen molar-refractivity contribution in [3.05, 3.63) is 71.4 Å². The lowest BCUT2D eigenvalue weighted by atomic mass is 9.93. The van der Waals surface area contributed by atoms with Crippen LogP contribution in [0.15, 0.2) is 60.8 Å². The Balaban J connectivity index is 2.02. The molecule has 4 aromatic rings. The number of rotatable bonds is 6. The van der Waals surface area contributed by atoms with Crippen LogP contribution >= 0.6 is 11.6 Å². The third kappa shape index (κ3) is 4.36. The highest BCUT2D eigenvalue weighted by atomic mass is 35.5. The Bertz CT molecular complexity index is 1320. The van der Waals surface area contributed by atoms with Crippen LogP contribution in [0.4, 0.5) is 5.95 Å². The molecule has 3 N–H and O–H groups in total. The van der Waals surface area contributed by atoms with Gasteiger partial charge in [-0.05, 0) is 37.1 Å². The molecule has 0 spiro atoms. The Labute approximate surface area is 190 Å². The molecule has 0 bridgehead atoms. The number of aromatic nitrogens is 2. The predicted molar refractivity (Wildman–Crippen MR) is 127 cm³/mol. The summed E-state index contributed by atoms with van der Waals surface area (Å²) in [5.41, 5.74) is 3.58. The van der Waals surface area contributed by atoms with Crippen LogP contribution in [-0.4, -0.2) is 32.2 Å². The van der Waals surface area contributed by atoms with E-state index in [4.69, 9.17) is 11.6 Å². The van der Waals surface area contributed by atoms with Gasteiger partial charge in [0.25, 0.3) is 0 Å². The van der Waals surface area contributed by atoms with Crippen LogP contribution in [-0.2, 0) is 11.2 Å². The number of fused-ring (bicyclic) bond motifs is 1. The van der Waals surface area contributed by atoms with Crippen molar-refractivity contribution in [3.8, 4) is 28.0 Å². The Kier molecular flexibility index (Phi) is 5.97. The molecule has 1 heterocycles. The number of hydrogen-bond acceptors (Lipinski definition) is 5. The van der Waals surface area contributed by atoms with E-state index in [1.807, 2.05) is 44.2 Å². The number of aromatic hydroxyl groups is 1. The SMILES string of the molecule is CC(C)Nc1ncc2cc(-c3ccccc3Cl)c(O)c(-c3cccc(CC(=O)O)c3)c2n1. The molecule has 0 fully saturated rings. The van der Waals surface area contributed by atoms with E-state index in [1.54, 1.807) is 30.5 Å². The Morgan fingerprint density at radius 3 is 2.59 bits per heavy atom. The molecule has 0 aliphatic heterocycles. The minimum atomic E-state index is -0.924. The number of carbonyl (C=O) groups is 1. The smallest absolute Gasteiger partial charge is 0.307 e. The van der Waals surface area contributed by atoms with Crippen molar-refractivity contribution in [2.75, 3.05) is 5.32 Å². The molecule has 7 heteroatoms. The first-order valence-corrected chi connectivity index (χ1v) is 10.6. The first-order valence-electron chi connectivity index (χ1n) is 10.2. The number of phenolic OH excluding ortho intramolecular Hbond substituents is 1. The maximum absolute atomic E-state index is 11.4. The van der Waals surface area contributed by atoms with Crippen LogP contribution in [0.25, 0.3) is 33.2 Å². The third-order valence-electron chi connectivity index (χ3n) is 5.00. The molecule has 32 heavy (non-hydrogen) atoms. The molecule has 0 saturated heterocycles. The van der Waals surface area contributed by atoms with Gasteiger partial charge in [-0.25, -0.2) is 9.97 Å². The molecule has 0 radical (unpaired) electrons. The Morgan fingerprint density at radius 1 is 1.09 bits per heavy atom. The van der Waals surface area contributed by atoms with Gasteiger partial charge in [-0.1, -0.05) is 54.1 Å². The highest BCUT2D eigenvalue weighted by molar-refractivity contribution is 6.33. The van der Waals surface area contributed by atoms with Crippen LogP contribution in [0.5, 0.6) is 5.75 Å². The van der Waals surface area contributed by atoms with Crippen molar-refractivity contribution in [1.29, 1.82) is 0 Å². The number of carboxylic acid groups (broad SMARTS) is 1. The number of phenols is 1. The molecule has 3 aromatic carbocycles. The number of benzene rings is 3. The van der Waals surface area contributed by atoms with Crippen LogP contribution in [0.3, 0.4) is 0 Å². The fourth-order valence-corrected chi connectivity index (χ4v) is 3.90. The molecule has 0 saturated carbocycles. The van der Waals surface area contributed by atoms with E-state index in [-0.39, 0.29) is 18.2 Å². The summed E-state index contributed by atoms with van der Waals surface area (Å²) in [6.45, 7) is 3.98. The van der Waals surface area contributed by atoms with Crippen LogP contribution < -0.4 is 5.32 Å². The van der Waals surface area contributed by atoms with Crippen molar-refractivity contribution in [2.24, 2.45) is 0 Å². The van der Waals surface area contributed by atoms with Crippen molar-refractivity contribution >= 4 is 34.4 Å². The second kappa shape index (κ2) is 8.85. The number of anilines is 1. The van der Waals surface area contributed by atoms with Gasteiger partial charge in [0, 0.05) is 33.8 Å². The van der Waals surface area contributed by atoms with E-state index in [9.17, 15) is 15.0 Å². The van der Waals surface area contributed by atoms with Crippen molar-refractivity contribution in [1.82, 2.24) is 9.97 Å². The first-order chi connectivity index (χ1) is 15.3. The number of nitrogens with one attached hydrogen (secondary N) is 1. The summed E-state index contributed by atoms with van der Waals surface area (Å²) in [7, 11) is 0. The van der Waals surface area contributed by atoms with Gasteiger partial charge in [0.15, 0.2) is 0 Å². The second-order valence-corrected chi connectivity index (χ2v) is 8.24. The maximum atomic E-state index is 11.4. The Hall–Kier alpha value is -3.64. The fourth-order valence-electron chi connectivity index (χ4n) is 3.67. The summed E-state index contributed by atoms with van der Waals surface area (Å²) in [4.78, 5) is 20.3. The van der Waals surface area contributed by atoms with Gasteiger partial charge in [0.2, 0.25) is 5.95 Å². The normalized spacial score (nSPS) is 11.1.